The Morgan fingerprint density at radius 3 is 2.94 bits per heavy atom. The van der Waals surface area contributed by atoms with Crippen molar-refractivity contribution in [3.05, 3.63) is 23.8 Å². The zero-order chi connectivity index (χ0) is 13.1. The number of likely N-dealkylation sites (N-methyl/N-ethyl adjacent to an activating group) is 1. The first-order chi connectivity index (χ1) is 8.63. The van der Waals surface area contributed by atoms with Crippen molar-refractivity contribution in [2.45, 2.75) is 12.5 Å². The molecule has 2 rings (SSSR count). The maximum atomic E-state index is 12.4. The minimum Gasteiger partial charge on any atom is -0.497 e. The third-order valence-electron chi connectivity index (χ3n) is 3.26. The van der Waals surface area contributed by atoms with Gasteiger partial charge in [-0.25, -0.2) is 0 Å². The minimum atomic E-state index is -0.0955. The molecule has 1 fully saturated rings. The van der Waals surface area contributed by atoms with Gasteiger partial charge >= 0.3 is 0 Å². The number of carbonyl (C=O) groups is 1. The third kappa shape index (κ3) is 2.41. The van der Waals surface area contributed by atoms with Crippen LogP contribution < -0.4 is 10.5 Å². The van der Waals surface area contributed by atoms with Gasteiger partial charge in [-0.3, -0.25) is 4.79 Å². The molecule has 0 aromatic heterocycles. The van der Waals surface area contributed by atoms with Crippen LogP contribution in [0.4, 0.5) is 5.69 Å². The van der Waals surface area contributed by atoms with Crippen LogP contribution in [-0.4, -0.2) is 44.2 Å². The Hall–Kier alpha value is -1.75. The van der Waals surface area contributed by atoms with E-state index < -0.39 is 0 Å². The zero-order valence-electron chi connectivity index (χ0n) is 10.7. The number of nitrogens with zero attached hydrogens (tertiary/aromatic N) is 1. The maximum Gasteiger partial charge on any atom is 0.256 e. The summed E-state index contributed by atoms with van der Waals surface area (Å²) in [5.74, 6) is 0.533. The van der Waals surface area contributed by atoms with Crippen molar-refractivity contribution in [1.82, 2.24) is 4.90 Å². The lowest BCUT2D eigenvalue weighted by atomic mass is 10.1. The molecule has 0 radical (unpaired) electrons. The second kappa shape index (κ2) is 5.27. The van der Waals surface area contributed by atoms with Crippen LogP contribution in [0, 0.1) is 0 Å². The summed E-state index contributed by atoms with van der Waals surface area (Å²) >= 11 is 0. The summed E-state index contributed by atoms with van der Waals surface area (Å²) in [7, 11) is 3.34. The molecule has 2 N–H and O–H groups in total. The fraction of sp³-hybridized carbons (Fsp3) is 0.462. The predicted octanol–water partition coefficient (Wildman–Crippen LogP) is 1.14. The number of anilines is 1. The molecule has 98 valence electrons. The quantitative estimate of drug-likeness (QED) is 0.817. The molecule has 1 aromatic carbocycles. The van der Waals surface area contributed by atoms with E-state index in [9.17, 15) is 4.79 Å². The predicted molar refractivity (Wildman–Crippen MR) is 68.7 cm³/mol. The van der Waals surface area contributed by atoms with E-state index in [-0.39, 0.29) is 11.9 Å². The van der Waals surface area contributed by atoms with Gasteiger partial charge in [0.1, 0.15) is 5.75 Å². The second-order valence-corrected chi connectivity index (χ2v) is 4.39. The Bertz CT molecular complexity index is 442. The number of amides is 1. The molecule has 1 aromatic rings. The van der Waals surface area contributed by atoms with Gasteiger partial charge in [-0.05, 0) is 24.6 Å². The summed E-state index contributed by atoms with van der Waals surface area (Å²) in [6, 6.07) is 5.22. The molecule has 5 heteroatoms. The van der Waals surface area contributed by atoms with E-state index in [0.717, 1.165) is 6.42 Å². The fourth-order valence-electron chi connectivity index (χ4n) is 2.03. The Labute approximate surface area is 106 Å². The van der Waals surface area contributed by atoms with Gasteiger partial charge in [-0.15, -0.1) is 0 Å². The van der Waals surface area contributed by atoms with Crippen molar-refractivity contribution in [2.24, 2.45) is 0 Å². The van der Waals surface area contributed by atoms with Gasteiger partial charge in [0.15, 0.2) is 0 Å². The van der Waals surface area contributed by atoms with Gasteiger partial charge in [0, 0.05) is 19.3 Å². The summed E-state index contributed by atoms with van der Waals surface area (Å²) in [5, 5.41) is 0. The SMILES string of the molecule is COc1ccc(N)c(C(=O)N(C)C2CCOC2)c1. The second-order valence-electron chi connectivity index (χ2n) is 4.39. The Balaban J connectivity index is 2.21. The number of hydrogen-bond donors (Lipinski definition) is 1. The first kappa shape index (κ1) is 12.7. The van der Waals surface area contributed by atoms with Crippen molar-refractivity contribution in [1.29, 1.82) is 0 Å². The van der Waals surface area contributed by atoms with Crippen molar-refractivity contribution >= 4 is 11.6 Å². The van der Waals surface area contributed by atoms with E-state index in [4.69, 9.17) is 15.2 Å². The average molecular weight is 250 g/mol. The summed E-state index contributed by atoms with van der Waals surface area (Å²) < 4.78 is 10.4. The highest BCUT2D eigenvalue weighted by Crippen LogP contribution is 2.22. The maximum absolute atomic E-state index is 12.4. The standard InChI is InChI=1S/C13H18N2O3/c1-15(9-5-6-18-8-9)13(16)11-7-10(17-2)3-4-12(11)14/h3-4,7,9H,5-6,8,14H2,1-2H3. The van der Waals surface area contributed by atoms with E-state index in [2.05, 4.69) is 0 Å². The van der Waals surface area contributed by atoms with Crippen LogP contribution >= 0.6 is 0 Å². The monoisotopic (exact) mass is 250 g/mol. The highest BCUT2D eigenvalue weighted by molar-refractivity contribution is 5.99. The molecule has 1 unspecified atom stereocenters. The first-order valence-corrected chi connectivity index (χ1v) is 5.92. The molecule has 0 aliphatic carbocycles. The molecule has 18 heavy (non-hydrogen) atoms. The van der Waals surface area contributed by atoms with Crippen LogP contribution in [-0.2, 0) is 4.74 Å². The average Bonchev–Trinajstić information content (AvgIpc) is 2.91. The lowest BCUT2D eigenvalue weighted by molar-refractivity contribution is 0.0712. The van der Waals surface area contributed by atoms with E-state index in [1.54, 1.807) is 37.3 Å². The van der Waals surface area contributed by atoms with E-state index in [1.807, 2.05) is 0 Å². The molecule has 5 nitrogen and oxygen atoms in total. The highest BCUT2D eigenvalue weighted by atomic mass is 16.5. The van der Waals surface area contributed by atoms with Gasteiger partial charge in [0.05, 0.1) is 25.3 Å². The van der Waals surface area contributed by atoms with Crippen LogP contribution in [0.1, 0.15) is 16.8 Å². The third-order valence-corrected chi connectivity index (χ3v) is 3.26. The van der Waals surface area contributed by atoms with Gasteiger partial charge in [0.25, 0.3) is 5.91 Å². The molecule has 1 heterocycles. The van der Waals surface area contributed by atoms with Crippen LogP contribution in [0.15, 0.2) is 18.2 Å². The van der Waals surface area contributed by atoms with Crippen molar-refractivity contribution < 1.29 is 14.3 Å². The fourth-order valence-corrected chi connectivity index (χ4v) is 2.03. The molecular formula is C13H18N2O3. The zero-order valence-corrected chi connectivity index (χ0v) is 10.7. The lowest BCUT2D eigenvalue weighted by Crippen LogP contribution is -2.37. The van der Waals surface area contributed by atoms with Gasteiger partial charge < -0.3 is 20.1 Å². The number of nitrogens with two attached hydrogens (primary N) is 1. The first-order valence-electron chi connectivity index (χ1n) is 5.92. The molecule has 1 amide bonds. The van der Waals surface area contributed by atoms with Crippen LogP contribution in [0.2, 0.25) is 0 Å². The summed E-state index contributed by atoms with van der Waals surface area (Å²) in [6.07, 6.45) is 0.867. The molecule has 0 bridgehead atoms. The molecule has 1 aliphatic heterocycles. The van der Waals surface area contributed by atoms with Crippen LogP contribution in [0.3, 0.4) is 0 Å². The normalized spacial score (nSPS) is 18.7. The number of benzene rings is 1. The van der Waals surface area contributed by atoms with Crippen LogP contribution in [0.5, 0.6) is 5.75 Å². The Morgan fingerprint density at radius 1 is 1.56 bits per heavy atom. The summed E-state index contributed by atoms with van der Waals surface area (Å²) in [4.78, 5) is 14.0. The highest BCUT2D eigenvalue weighted by Gasteiger charge is 2.26. The topological polar surface area (TPSA) is 64.8 Å². The van der Waals surface area contributed by atoms with Crippen molar-refractivity contribution in [3.8, 4) is 5.75 Å². The summed E-state index contributed by atoms with van der Waals surface area (Å²) in [5.41, 5.74) is 6.79. The number of hydrogen-bond acceptors (Lipinski definition) is 4. The molecule has 1 saturated heterocycles. The summed E-state index contributed by atoms with van der Waals surface area (Å²) in [6.45, 7) is 1.29. The van der Waals surface area contributed by atoms with Crippen molar-refractivity contribution in [2.75, 3.05) is 33.1 Å². The number of rotatable bonds is 3. The largest absolute Gasteiger partial charge is 0.497 e. The number of methoxy groups -OCH3 is 1. The molecular weight excluding hydrogens is 232 g/mol. The van der Waals surface area contributed by atoms with Crippen molar-refractivity contribution in [3.63, 3.8) is 0 Å². The van der Waals surface area contributed by atoms with E-state index in [1.165, 1.54) is 0 Å². The van der Waals surface area contributed by atoms with Crippen LogP contribution in [0.25, 0.3) is 0 Å². The van der Waals surface area contributed by atoms with Gasteiger partial charge in [0.2, 0.25) is 0 Å². The van der Waals surface area contributed by atoms with E-state index >= 15 is 0 Å². The molecule has 0 spiro atoms. The number of carbonyl (C=O) groups excluding carboxylic acids is 1. The van der Waals surface area contributed by atoms with Gasteiger partial charge in [-0.1, -0.05) is 0 Å². The number of ether oxygens (including phenoxy) is 2. The Morgan fingerprint density at radius 2 is 2.33 bits per heavy atom. The smallest absolute Gasteiger partial charge is 0.256 e. The van der Waals surface area contributed by atoms with E-state index in [0.29, 0.717) is 30.2 Å². The Kier molecular flexibility index (Phi) is 3.72. The molecule has 0 saturated carbocycles. The minimum absolute atomic E-state index is 0.0955. The lowest BCUT2D eigenvalue weighted by Gasteiger charge is -2.24. The molecule has 1 atom stereocenters. The number of nitrogen functional groups attached to an aromatic ring is 1. The van der Waals surface area contributed by atoms with Gasteiger partial charge in [-0.2, -0.15) is 0 Å². The molecule has 1 aliphatic rings.